The SMILES string of the molecule is CCNC(=O)Nc1ccc(-c2cc(N3CCOCC3)c3nc(N4CCN(C(C)C)CC4)sc3c2)cc1. The van der Waals surface area contributed by atoms with Crippen molar-refractivity contribution in [3.05, 3.63) is 36.4 Å². The summed E-state index contributed by atoms with van der Waals surface area (Å²) in [6.45, 7) is 14.4. The molecule has 2 aromatic carbocycles. The number of aromatic nitrogens is 1. The molecule has 36 heavy (non-hydrogen) atoms. The summed E-state index contributed by atoms with van der Waals surface area (Å²) >= 11 is 1.79. The number of carbonyl (C=O) groups excluding carboxylic acids is 1. The fraction of sp³-hybridized carbons (Fsp3) is 0.481. The van der Waals surface area contributed by atoms with Crippen LogP contribution in [0.25, 0.3) is 21.3 Å². The maximum atomic E-state index is 11.9. The van der Waals surface area contributed by atoms with Gasteiger partial charge in [0.1, 0.15) is 5.52 Å². The van der Waals surface area contributed by atoms with Gasteiger partial charge >= 0.3 is 6.03 Å². The van der Waals surface area contributed by atoms with Crippen LogP contribution in [-0.2, 0) is 4.74 Å². The van der Waals surface area contributed by atoms with E-state index >= 15 is 0 Å². The lowest BCUT2D eigenvalue weighted by Gasteiger charge is -2.36. The lowest BCUT2D eigenvalue weighted by molar-refractivity contribution is 0.123. The zero-order chi connectivity index (χ0) is 25.1. The van der Waals surface area contributed by atoms with Gasteiger partial charge in [-0.15, -0.1) is 0 Å². The van der Waals surface area contributed by atoms with Crippen LogP contribution < -0.4 is 20.4 Å². The average molecular weight is 509 g/mol. The number of ether oxygens (including phenoxy) is 1. The normalized spacial score (nSPS) is 17.1. The van der Waals surface area contributed by atoms with Crippen LogP contribution in [0.15, 0.2) is 36.4 Å². The molecule has 2 saturated heterocycles. The molecule has 0 bridgehead atoms. The van der Waals surface area contributed by atoms with Gasteiger partial charge in [0.2, 0.25) is 0 Å². The van der Waals surface area contributed by atoms with Crippen LogP contribution >= 0.6 is 11.3 Å². The number of nitrogens with zero attached hydrogens (tertiary/aromatic N) is 4. The fourth-order valence-electron chi connectivity index (χ4n) is 4.86. The molecule has 0 unspecified atom stereocenters. The zero-order valence-corrected chi connectivity index (χ0v) is 22.2. The number of rotatable bonds is 6. The third kappa shape index (κ3) is 5.43. The maximum absolute atomic E-state index is 11.9. The molecule has 3 aromatic rings. The lowest BCUT2D eigenvalue weighted by atomic mass is 10.0. The minimum Gasteiger partial charge on any atom is -0.378 e. The van der Waals surface area contributed by atoms with Gasteiger partial charge in [0, 0.05) is 57.5 Å². The average Bonchev–Trinajstić information content (AvgIpc) is 3.33. The van der Waals surface area contributed by atoms with Crippen LogP contribution in [-0.4, -0.2) is 81.0 Å². The number of amides is 2. The number of hydrogen-bond donors (Lipinski definition) is 2. The second-order valence-electron chi connectivity index (χ2n) is 9.62. The molecule has 5 rings (SSSR count). The van der Waals surface area contributed by atoms with Gasteiger partial charge in [-0.2, -0.15) is 0 Å². The van der Waals surface area contributed by atoms with Crippen molar-refractivity contribution in [2.75, 3.05) is 74.1 Å². The van der Waals surface area contributed by atoms with E-state index in [1.165, 1.54) is 10.4 Å². The standard InChI is InChI=1S/C27H36N6O2S/c1-4-28-26(34)29-22-7-5-20(6-8-22)21-17-23(32-13-15-35-16-14-32)25-24(18-21)36-27(30-25)33-11-9-31(10-12-33)19(2)3/h5-8,17-19H,4,9-16H2,1-3H3,(H2,28,29,34). The number of fused-ring (bicyclic) bond motifs is 1. The van der Waals surface area contributed by atoms with Crippen LogP contribution in [0.5, 0.6) is 0 Å². The molecule has 1 aromatic heterocycles. The quantitative estimate of drug-likeness (QED) is 0.512. The predicted octanol–water partition coefficient (Wildman–Crippen LogP) is 4.47. The number of morpholine rings is 1. The lowest BCUT2D eigenvalue weighted by Crippen LogP contribution is -2.48. The van der Waals surface area contributed by atoms with Crippen LogP contribution in [0, 0.1) is 0 Å². The predicted molar refractivity (Wildman–Crippen MR) is 150 cm³/mol. The van der Waals surface area contributed by atoms with Crippen LogP contribution in [0.2, 0.25) is 0 Å². The number of hydrogen-bond acceptors (Lipinski definition) is 7. The highest BCUT2D eigenvalue weighted by molar-refractivity contribution is 7.22. The Labute approximate surface area is 217 Å². The van der Waals surface area contributed by atoms with E-state index in [0.717, 1.165) is 79.9 Å². The van der Waals surface area contributed by atoms with E-state index in [1.54, 1.807) is 11.3 Å². The van der Waals surface area contributed by atoms with Crippen molar-refractivity contribution in [1.82, 2.24) is 15.2 Å². The van der Waals surface area contributed by atoms with Gasteiger partial charge in [-0.25, -0.2) is 9.78 Å². The molecular formula is C27H36N6O2S. The molecule has 2 aliphatic rings. The molecule has 2 fully saturated rings. The molecule has 0 saturated carbocycles. The number of carbonyl (C=O) groups is 1. The summed E-state index contributed by atoms with van der Waals surface area (Å²) in [7, 11) is 0. The number of urea groups is 1. The molecule has 3 heterocycles. The summed E-state index contributed by atoms with van der Waals surface area (Å²) in [5.41, 5.74) is 5.32. The zero-order valence-electron chi connectivity index (χ0n) is 21.4. The van der Waals surface area contributed by atoms with E-state index in [-0.39, 0.29) is 6.03 Å². The second-order valence-corrected chi connectivity index (χ2v) is 10.6. The number of thiazole rings is 1. The molecule has 2 N–H and O–H groups in total. The van der Waals surface area contributed by atoms with Crippen molar-refractivity contribution in [2.45, 2.75) is 26.8 Å². The molecule has 0 aliphatic carbocycles. The largest absolute Gasteiger partial charge is 0.378 e. The van der Waals surface area contributed by atoms with Gasteiger partial charge in [0.05, 0.1) is 23.6 Å². The first kappa shape index (κ1) is 24.8. The summed E-state index contributed by atoms with van der Waals surface area (Å²) in [6.07, 6.45) is 0. The first-order chi connectivity index (χ1) is 17.5. The maximum Gasteiger partial charge on any atom is 0.319 e. The highest BCUT2D eigenvalue weighted by Gasteiger charge is 2.24. The van der Waals surface area contributed by atoms with Gasteiger partial charge < -0.3 is 25.2 Å². The summed E-state index contributed by atoms with van der Waals surface area (Å²) in [5, 5.41) is 6.75. The summed E-state index contributed by atoms with van der Waals surface area (Å²) in [6, 6.07) is 13.0. The Balaban J connectivity index is 1.45. The van der Waals surface area contributed by atoms with E-state index in [2.05, 4.69) is 63.4 Å². The minimum atomic E-state index is -0.187. The number of piperazine rings is 1. The Morgan fingerprint density at radius 3 is 2.39 bits per heavy atom. The Morgan fingerprint density at radius 2 is 1.72 bits per heavy atom. The van der Waals surface area contributed by atoms with Crippen molar-refractivity contribution in [3.63, 3.8) is 0 Å². The van der Waals surface area contributed by atoms with Crippen molar-refractivity contribution in [2.24, 2.45) is 0 Å². The van der Waals surface area contributed by atoms with E-state index < -0.39 is 0 Å². The Morgan fingerprint density at radius 1 is 1.00 bits per heavy atom. The van der Waals surface area contributed by atoms with Crippen LogP contribution in [0.4, 0.5) is 21.3 Å². The van der Waals surface area contributed by atoms with Crippen molar-refractivity contribution in [3.8, 4) is 11.1 Å². The molecule has 0 radical (unpaired) electrons. The van der Waals surface area contributed by atoms with Crippen molar-refractivity contribution >= 4 is 44.1 Å². The fourth-order valence-corrected chi connectivity index (χ4v) is 5.94. The number of anilines is 3. The second kappa shape index (κ2) is 11.0. The van der Waals surface area contributed by atoms with E-state index in [1.807, 2.05) is 19.1 Å². The third-order valence-corrected chi connectivity index (χ3v) is 8.01. The molecule has 192 valence electrons. The first-order valence-electron chi connectivity index (χ1n) is 12.9. The summed E-state index contributed by atoms with van der Waals surface area (Å²) in [4.78, 5) is 24.4. The summed E-state index contributed by atoms with van der Waals surface area (Å²) in [5.74, 6) is 0. The molecule has 8 nitrogen and oxygen atoms in total. The number of benzene rings is 2. The number of nitrogens with one attached hydrogen (secondary N) is 2. The third-order valence-electron chi connectivity index (χ3n) is 6.94. The smallest absolute Gasteiger partial charge is 0.319 e. The van der Waals surface area contributed by atoms with E-state index in [9.17, 15) is 4.79 Å². The molecular weight excluding hydrogens is 472 g/mol. The van der Waals surface area contributed by atoms with E-state index in [0.29, 0.717) is 12.6 Å². The minimum absolute atomic E-state index is 0.187. The van der Waals surface area contributed by atoms with Gasteiger partial charge in [0.25, 0.3) is 0 Å². The molecule has 9 heteroatoms. The van der Waals surface area contributed by atoms with Crippen LogP contribution in [0.3, 0.4) is 0 Å². The highest BCUT2D eigenvalue weighted by atomic mass is 32.1. The molecule has 2 aliphatic heterocycles. The van der Waals surface area contributed by atoms with Crippen LogP contribution in [0.1, 0.15) is 20.8 Å². The van der Waals surface area contributed by atoms with Gasteiger partial charge in [-0.1, -0.05) is 23.5 Å². The highest BCUT2D eigenvalue weighted by Crippen LogP contribution is 2.39. The van der Waals surface area contributed by atoms with Gasteiger partial charge in [0.15, 0.2) is 5.13 Å². The molecule has 0 atom stereocenters. The van der Waals surface area contributed by atoms with Gasteiger partial charge in [-0.05, 0) is 56.2 Å². The van der Waals surface area contributed by atoms with E-state index in [4.69, 9.17) is 9.72 Å². The Hall–Kier alpha value is -2.88. The monoisotopic (exact) mass is 508 g/mol. The topological polar surface area (TPSA) is 73.0 Å². The Bertz CT molecular complexity index is 1180. The van der Waals surface area contributed by atoms with Gasteiger partial charge in [-0.3, -0.25) is 4.90 Å². The summed E-state index contributed by atoms with van der Waals surface area (Å²) < 4.78 is 6.84. The molecule has 0 spiro atoms. The van der Waals surface area contributed by atoms with Crippen molar-refractivity contribution in [1.29, 1.82) is 0 Å². The molecule has 2 amide bonds. The first-order valence-corrected chi connectivity index (χ1v) is 13.7. The van der Waals surface area contributed by atoms with Crippen molar-refractivity contribution < 1.29 is 9.53 Å². The Kier molecular flexibility index (Phi) is 7.59.